The molecular weight excluding hydrogens is 256 g/mol. The van der Waals surface area contributed by atoms with Crippen molar-refractivity contribution in [1.82, 2.24) is 9.80 Å². The van der Waals surface area contributed by atoms with Crippen molar-refractivity contribution in [3.05, 3.63) is 34.9 Å². The Bertz CT molecular complexity index is 570. The maximum Gasteiger partial charge on any atom is 0.335 e. The number of amides is 1. The van der Waals surface area contributed by atoms with Crippen LogP contribution in [0.1, 0.15) is 27.9 Å². The largest absolute Gasteiger partial charge is 0.478 e. The number of hydrogen-bond donors (Lipinski definition) is 1. The Morgan fingerprint density at radius 1 is 1.30 bits per heavy atom. The van der Waals surface area contributed by atoms with Gasteiger partial charge in [0.05, 0.1) is 11.6 Å². The van der Waals surface area contributed by atoms with E-state index in [1.54, 1.807) is 17.0 Å². The number of hydrogen-bond acceptors (Lipinski definition) is 3. The Hall–Kier alpha value is -1.88. The van der Waals surface area contributed by atoms with E-state index in [0.29, 0.717) is 12.1 Å². The molecule has 5 nitrogen and oxygen atoms in total. The molecule has 2 aliphatic rings. The summed E-state index contributed by atoms with van der Waals surface area (Å²) in [6.07, 6.45) is 1.74. The fourth-order valence-corrected chi connectivity index (χ4v) is 3.12. The molecule has 1 atom stereocenters. The highest BCUT2D eigenvalue weighted by Gasteiger charge is 2.35. The highest BCUT2D eigenvalue weighted by atomic mass is 16.4. The van der Waals surface area contributed by atoms with E-state index in [2.05, 4.69) is 4.90 Å². The number of carboxylic acids is 1. The van der Waals surface area contributed by atoms with E-state index < -0.39 is 5.97 Å². The summed E-state index contributed by atoms with van der Waals surface area (Å²) in [6, 6.07) is 5.26. The molecule has 5 heteroatoms. The molecule has 2 heterocycles. The minimum Gasteiger partial charge on any atom is -0.478 e. The maximum absolute atomic E-state index is 12.1. The molecule has 0 radical (unpaired) electrons. The molecule has 0 aromatic heterocycles. The number of aromatic carboxylic acids is 1. The third-order valence-corrected chi connectivity index (χ3v) is 4.34. The van der Waals surface area contributed by atoms with Gasteiger partial charge in [-0.1, -0.05) is 6.07 Å². The van der Waals surface area contributed by atoms with Crippen LogP contribution < -0.4 is 0 Å². The lowest BCUT2D eigenvalue weighted by Gasteiger charge is -2.32. The number of benzene rings is 1. The summed E-state index contributed by atoms with van der Waals surface area (Å²) in [6.45, 7) is 2.34. The summed E-state index contributed by atoms with van der Waals surface area (Å²) in [4.78, 5) is 27.1. The summed E-state index contributed by atoms with van der Waals surface area (Å²) in [5.74, 6) is -0.718. The van der Waals surface area contributed by atoms with Crippen molar-refractivity contribution in [2.45, 2.75) is 25.4 Å². The standard InChI is InChI=1S/C15H18N2O3/c1-16-6-5-13(14(16)18)17-7-4-10-2-3-11(15(19)20)8-12(10)9-17/h2-3,8,13H,4-7,9H2,1H3,(H,19,20). The molecule has 0 spiro atoms. The molecular formula is C15H18N2O3. The fraction of sp³-hybridized carbons (Fsp3) is 0.467. The van der Waals surface area contributed by atoms with E-state index in [1.165, 1.54) is 5.56 Å². The normalized spacial score (nSPS) is 22.9. The molecule has 0 aliphatic carbocycles. The molecule has 2 aliphatic heterocycles. The van der Waals surface area contributed by atoms with Gasteiger partial charge in [-0.25, -0.2) is 4.79 Å². The molecule has 1 amide bonds. The van der Waals surface area contributed by atoms with E-state index >= 15 is 0 Å². The van der Waals surface area contributed by atoms with Gasteiger partial charge >= 0.3 is 5.97 Å². The molecule has 1 aromatic carbocycles. The van der Waals surface area contributed by atoms with Gasteiger partial charge in [-0.15, -0.1) is 0 Å². The van der Waals surface area contributed by atoms with Crippen LogP contribution in [-0.4, -0.2) is 53.0 Å². The van der Waals surface area contributed by atoms with Gasteiger partial charge in [-0.05, 0) is 36.1 Å². The second kappa shape index (κ2) is 4.90. The van der Waals surface area contributed by atoms with Gasteiger partial charge in [-0.3, -0.25) is 9.69 Å². The number of carbonyl (C=O) groups excluding carboxylic acids is 1. The Kier molecular flexibility index (Phi) is 3.22. The first kappa shape index (κ1) is 13.1. The van der Waals surface area contributed by atoms with Gasteiger partial charge in [0.1, 0.15) is 0 Å². The number of fused-ring (bicyclic) bond motifs is 1. The van der Waals surface area contributed by atoms with Gasteiger partial charge in [-0.2, -0.15) is 0 Å². The van der Waals surface area contributed by atoms with Crippen LogP contribution in [0.2, 0.25) is 0 Å². The first-order chi connectivity index (χ1) is 9.56. The first-order valence-electron chi connectivity index (χ1n) is 6.90. The van der Waals surface area contributed by atoms with E-state index in [9.17, 15) is 9.59 Å². The maximum atomic E-state index is 12.1. The van der Waals surface area contributed by atoms with Crippen molar-refractivity contribution in [3.8, 4) is 0 Å². The van der Waals surface area contributed by atoms with Gasteiger partial charge in [0.15, 0.2) is 0 Å². The average Bonchev–Trinajstić information content (AvgIpc) is 2.78. The predicted octanol–water partition coefficient (Wildman–Crippen LogP) is 0.974. The molecule has 1 fully saturated rings. The lowest BCUT2D eigenvalue weighted by atomic mass is 9.96. The van der Waals surface area contributed by atoms with Crippen molar-refractivity contribution in [2.75, 3.05) is 20.1 Å². The van der Waals surface area contributed by atoms with Crippen LogP contribution in [0.25, 0.3) is 0 Å². The molecule has 0 bridgehead atoms. The van der Waals surface area contributed by atoms with Crippen molar-refractivity contribution in [3.63, 3.8) is 0 Å². The zero-order chi connectivity index (χ0) is 14.3. The number of nitrogens with zero attached hydrogens (tertiary/aromatic N) is 2. The summed E-state index contributed by atoms with van der Waals surface area (Å²) >= 11 is 0. The Balaban J connectivity index is 1.82. The third-order valence-electron chi connectivity index (χ3n) is 4.34. The van der Waals surface area contributed by atoms with Crippen LogP contribution in [0.3, 0.4) is 0 Å². The van der Waals surface area contributed by atoms with Crippen LogP contribution in [0.15, 0.2) is 18.2 Å². The zero-order valence-electron chi connectivity index (χ0n) is 11.5. The van der Waals surface area contributed by atoms with Crippen LogP contribution in [0.5, 0.6) is 0 Å². The van der Waals surface area contributed by atoms with Crippen molar-refractivity contribution in [1.29, 1.82) is 0 Å². The molecule has 3 rings (SSSR count). The molecule has 1 aromatic rings. The van der Waals surface area contributed by atoms with Crippen LogP contribution in [0, 0.1) is 0 Å². The van der Waals surface area contributed by atoms with Crippen LogP contribution >= 0.6 is 0 Å². The predicted molar refractivity (Wildman–Crippen MR) is 73.6 cm³/mol. The zero-order valence-corrected chi connectivity index (χ0v) is 11.5. The van der Waals surface area contributed by atoms with E-state index in [4.69, 9.17) is 5.11 Å². The van der Waals surface area contributed by atoms with Gasteiger partial charge in [0.25, 0.3) is 0 Å². The fourth-order valence-electron chi connectivity index (χ4n) is 3.12. The second-order valence-electron chi connectivity index (χ2n) is 5.57. The number of carboxylic acid groups (broad SMARTS) is 1. The number of rotatable bonds is 2. The molecule has 0 saturated carbocycles. The Labute approximate surface area is 117 Å². The van der Waals surface area contributed by atoms with Crippen molar-refractivity contribution >= 4 is 11.9 Å². The SMILES string of the molecule is CN1CCC(N2CCc3ccc(C(=O)O)cc3C2)C1=O. The monoisotopic (exact) mass is 274 g/mol. The Morgan fingerprint density at radius 3 is 2.75 bits per heavy atom. The summed E-state index contributed by atoms with van der Waals surface area (Å²) in [5.41, 5.74) is 2.56. The summed E-state index contributed by atoms with van der Waals surface area (Å²) in [7, 11) is 1.84. The van der Waals surface area contributed by atoms with Gasteiger partial charge in [0, 0.05) is 26.7 Å². The first-order valence-corrected chi connectivity index (χ1v) is 6.90. The molecule has 1 unspecified atom stereocenters. The average molecular weight is 274 g/mol. The van der Waals surface area contributed by atoms with Crippen molar-refractivity contribution < 1.29 is 14.7 Å². The topological polar surface area (TPSA) is 60.9 Å². The number of likely N-dealkylation sites (tertiary alicyclic amines) is 1. The minimum atomic E-state index is -0.901. The molecule has 1 saturated heterocycles. The Morgan fingerprint density at radius 2 is 2.10 bits per heavy atom. The van der Waals surface area contributed by atoms with Crippen LogP contribution in [0.4, 0.5) is 0 Å². The highest BCUT2D eigenvalue weighted by molar-refractivity contribution is 5.88. The minimum absolute atomic E-state index is 0.0402. The molecule has 106 valence electrons. The lowest BCUT2D eigenvalue weighted by molar-refractivity contribution is -0.131. The lowest BCUT2D eigenvalue weighted by Crippen LogP contribution is -2.43. The molecule has 1 N–H and O–H groups in total. The number of likely N-dealkylation sites (N-methyl/N-ethyl adjacent to an activating group) is 1. The van der Waals surface area contributed by atoms with E-state index in [1.807, 2.05) is 13.1 Å². The second-order valence-corrected chi connectivity index (χ2v) is 5.57. The van der Waals surface area contributed by atoms with E-state index in [-0.39, 0.29) is 11.9 Å². The third kappa shape index (κ3) is 2.18. The van der Waals surface area contributed by atoms with Crippen molar-refractivity contribution in [2.24, 2.45) is 0 Å². The van der Waals surface area contributed by atoms with E-state index in [0.717, 1.165) is 31.5 Å². The van der Waals surface area contributed by atoms with Gasteiger partial charge < -0.3 is 10.0 Å². The highest BCUT2D eigenvalue weighted by Crippen LogP contribution is 2.25. The quantitative estimate of drug-likeness (QED) is 0.873. The van der Waals surface area contributed by atoms with Gasteiger partial charge in [0.2, 0.25) is 5.91 Å². The smallest absolute Gasteiger partial charge is 0.335 e. The molecule has 20 heavy (non-hydrogen) atoms. The number of carbonyl (C=O) groups is 2. The summed E-state index contributed by atoms with van der Waals surface area (Å²) in [5, 5.41) is 9.07. The summed E-state index contributed by atoms with van der Waals surface area (Å²) < 4.78 is 0. The van der Waals surface area contributed by atoms with Crippen LogP contribution in [-0.2, 0) is 17.8 Å².